The molecule has 106 valence electrons. The van der Waals surface area contributed by atoms with Gasteiger partial charge in [-0.3, -0.25) is 4.98 Å². The zero-order valence-electron chi connectivity index (χ0n) is 11.8. The number of aryl methyl sites for hydroxylation is 1. The lowest BCUT2D eigenvalue weighted by molar-refractivity contribution is 0.0251. The summed E-state index contributed by atoms with van der Waals surface area (Å²) in [7, 11) is 0. The van der Waals surface area contributed by atoms with Gasteiger partial charge in [0.1, 0.15) is 0 Å². The summed E-state index contributed by atoms with van der Waals surface area (Å²) in [6.45, 7) is 3.84. The topological polar surface area (TPSA) is 60.2 Å². The maximum atomic E-state index is 5.89. The molecular weight excluding hydrogens is 238 g/mol. The lowest BCUT2D eigenvalue weighted by atomic mass is 9.94. The lowest BCUT2D eigenvalue weighted by Crippen LogP contribution is -2.30. The molecule has 0 atom stereocenters. The number of aromatic nitrogens is 1. The van der Waals surface area contributed by atoms with Crippen molar-refractivity contribution in [2.75, 3.05) is 18.5 Å². The molecule has 19 heavy (non-hydrogen) atoms. The normalized spacial score (nSPS) is 23.3. The Bertz CT molecular complexity index is 375. The van der Waals surface area contributed by atoms with Gasteiger partial charge in [0.2, 0.25) is 0 Å². The van der Waals surface area contributed by atoms with E-state index >= 15 is 0 Å². The largest absolute Gasteiger partial charge is 0.385 e. The Kier molecular flexibility index (Phi) is 5.61. The highest BCUT2D eigenvalue weighted by Crippen LogP contribution is 2.19. The van der Waals surface area contributed by atoms with E-state index in [0.29, 0.717) is 12.1 Å². The molecule has 0 aliphatic heterocycles. The van der Waals surface area contributed by atoms with E-state index in [9.17, 15) is 0 Å². The number of nitrogens with two attached hydrogens (primary N) is 1. The first-order valence-electron chi connectivity index (χ1n) is 7.27. The van der Waals surface area contributed by atoms with Crippen LogP contribution < -0.4 is 11.1 Å². The molecule has 4 heteroatoms. The molecule has 1 aliphatic carbocycles. The fourth-order valence-corrected chi connectivity index (χ4v) is 2.47. The molecule has 0 aromatic carbocycles. The average Bonchev–Trinajstić information content (AvgIpc) is 2.42. The minimum atomic E-state index is 0.399. The van der Waals surface area contributed by atoms with Gasteiger partial charge in [-0.05, 0) is 50.7 Å². The maximum absolute atomic E-state index is 5.89. The van der Waals surface area contributed by atoms with Crippen LogP contribution in [0.2, 0.25) is 0 Å². The summed E-state index contributed by atoms with van der Waals surface area (Å²) in [5.74, 6) is 0. The number of nitrogens with one attached hydrogen (secondary N) is 1. The first-order chi connectivity index (χ1) is 9.25. The average molecular weight is 263 g/mol. The van der Waals surface area contributed by atoms with E-state index in [-0.39, 0.29) is 0 Å². The number of hydrogen-bond acceptors (Lipinski definition) is 4. The van der Waals surface area contributed by atoms with Crippen molar-refractivity contribution in [3.05, 3.63) is 24.0 Å². The molecule has 1 fully saturated rings. The Balaban J connectivity index is 1.56. The van der Waals surface area contributed by atoms with Crippen LogP contribution in [0.3, 0.4) is 0 Å². The van der Waals surface area contributed by atoms with Crippen LogP contribution in [-0.4, -0.2) is 30.3 Å². The van der Waals surface area contributed by atoms with Gasteiger partial charge in [-0.25, -0.2) is 0 Å². The van der Waals surface area contributed by atoms with Crippen LogP contribution in [0.1, 0.15) is 37.7 Å². The van der Waals surface area contributed by atoms with Crippen molar-refractivity contribution in [3.63, 3.8) is 0 Å². The third kappa shape index (κ3) is 4.80. The van der Waals surface area contributed by atoms with Crippen LogP contribution in [0, 0.1) is 6.92 Å². The number of hydrogen-bond donors (Lipinski definition) is 2. The number of anilines is 1. The third-order valence-electron chi connectivity index (χ3n) is 3.73. The first kappa shape index (κ1) is 14.3. The van der Waals surface area contributed by atoms with Crippen LogP contribution in [0.25, 0.3) is 0 Å². The summed E-state index contributed by atoms with van der Waals surface area (Å²) in [5.41, 5.74) is 8.23. The van der Waals surface area contributed by atoms with Crippen LogP contribution >= 0.6 is 0 Å². The molecule has 0 amide bonds. The van der Waals surface area contributed by atoms with Gasteiger partial charge in [-0.2, -0.15) is 0 Å². The second kappa shape index (κ2) is 7.46. The molecule has 0 saturated heterocycles. The van der Waals surface area contributed by atoms with Gasteiger partial charge in [-0.1, -0.05) is 0 Å². The summed E-state index contributed by atoms with van der Waals surface area (Å²) >= 11 is 0. The van der Waals surface area contributed by atoms with Crippen LogP contribution in [-0.2, 0) is 4.74 Å². The van der Waals surface area contributed by atoms with Gasteiger partial charge in [0, 0.05) is 37.3 Å². The zero-order chi connectivity index (χ0) is 13.5. The minimum Gasteiger partial charge on any atom is -0.385 e. The second-order valence-electron chi connectivity index (χ2n) is 5.38. The van der Waals surface area contributed by atoms with Crippen molar-refractivity contribution in [3.8, 4) is 0 Å². The molecule has 0 bridgehead atoms. The Morgan fingerprint density at radius 3 is 2.89 bits per heavy atom. The van der Waals surface area contributed by atoms with Crippen molar-refractivity contribution < 1.29 is 4.74 Å². The van der Waals surface area contributed by atoms with Crippen molar-refractivity contribution in [1.82, 2.24) is 4.98 Å². The number of ether oxygens (including phenoxy) is 1. The SMILES string of the molecule is Cc1cnccc1NCCCOC1CCC(N)CC1. The number of rotatable bonds is 6. The molecule has 1 aromatic rings. The number of pyridine rings is 1. The van der Waals surface area contributed by atoms with Gasteiger partial charge in [0.25, 0.3) is 0 Å². The van der Waals surface area contributed by atoms with E-state index in [1.807, 2.05) is 18.5 Å². The summed E-state index contributed by atoms with van der Waals surface area (Å²) in [4.78, 5) is 4.08. The molecular formula is C15H25N3O. The Hall–Kier alpha value is -1.13. The zero-order valence-corrected chi connectivity index (χ0v) is 11.8. The highest BCUT2D eigenvalue weighted by atomic mass is 16.5. The van der Waals surface area contributed by atoms with E-state index in [1.54, 1.807) is 0 Å². The van der Waals surface area contributed by atoms with E-state index < -0.39 is 0 Å². The molecule has 4 nitrogen and oxygen atoms in total. The third-order valence-corrected chi connectivity index (χ3v) is 3.73. The summed E-state index contributed by atoms with van der Waals surface area (Å²) in [6.07, 6.45) is 9.63. The van der Waals surface area contributed by atoms with Crippen LogP contribution in [0.4, 0.5) is 5.69 Å². The van der Waals surface area contributed by atoms with Gasteiger partial charge < -0.3 is 15.8 Å². The quantitative estimate of drug-likeness (QED) is 0.774. The van der Waals surface area contributed by atoms with Gasteiger partial charge in [0.05, 0.1) is 6.10 Å². The monoisotopic (exact) mass is 263 g/mol. The minimum absolute atomic E-state index is 0.399. The van der Waals surface area contributed by atoms with Crippen molar-refractivity contribution in [1.29, 1.82) is 0 Å². The molecule has 0 unspecified atom stereocenters. The van der Waals surface area contributed by atoms with Crippen molar-refractivity contribution in [2.24, 2.45) is 5.73 Å². The lowest BCUT2D eigenvalue weighted by Gasteiger charge is -2.26. The van der Waals surface area contributed by atoms with Crippen molar-refractivity contribution in [2.45, 2.75) is 51.2 Å². The van der Waals surface area contributed by atoms with E-state index in [0.717, 1.165) is 45.3 Å². The van der Waals surface area contributed by atoms with E-state index in [4.69, 9.17) is 10.5 Å². The molecule has 1 heterocycles. The summed E-state index contributed by atoms with van der Waals surface area (Å²) < 4.78 is 5.89. The molecule has 1 saturated carbocycles. The molecule has 0 spiro atoms. The first-order valence-corrected chi connectivity index (χ1v) is 7.27. The predicted octanol–water partition coefficient (Wildman–Crippen LogP) is 2.48. The smallest absolute Gasteiger partial charge is 0.0576 e. The fourth-order valence-electron chi connectivity index (χ4n) is 2.47. The molecule has 2 rings (SSSR count). The predicted molar refractivity (Wildman–Crippen MR) is 78.3 cm³/mol. The standard InChI is InChI=1S/C15H25N3O/c1-12-11-17-9-7-15(12)18-8-2-10-19-14-5-3-13(16)4-6-14/h7,9,11,13-14H,2-6,8,10,16H2,1H3,(H,17,18). The molecule has 0 radical (unpaired) electrons. The van der Waals surface area contributed by atoms with Gasteiger partial charge >= 0.3 is 0 Å². The van der Waals surface area contributed by atoms with Crippen molar-refractivity contribution >= 4 is 5.69 Å². The van der Waals surface area contributed by atoms with E-state index in [2.05, 4.69) is 17.2 Å². The molecule has 3 N–H and O–H groups in total. The van der Waals surface area contributed by atoms with Gasteiger partial charge in [-0.15, -0.1) is 0 Å². The van der Waals surface area contributed by atoms with Crippen LogP contribution in [0.5, 0.6) is 0 Å². The molecule has 1 aromatic heterocycles. The van der Waals surface area contributed by atoms with E-state index in [1.165, 1.54) is 11.3 Å². The number of nitrogens with zero attached hydrogens (tertiary/aromatic N) is 1. The second-order valence-corrected chi connectivity index (χ2v) is 5.38. The maximum Gasteiger partial charge on any atom is 0.0576 e. The Morgan fingerprint density at radius 1 is 1.37 bits per heavy atom. The highest BCUT2D eigenvalue weighted by molar-refractivity contribution is 5.48. The highest BCUT2D eigenvalue weighted by Gasteiger charge is 2.18. The Labute approximate surface area is 115 Å². The van der Waals surface area contributed by atoms with Crippen LogP contribution in [0.15, 0.2) is 18.5 Å². The fraction of sp³-hybridized carbons (Fsp3) is 0.667. The summed E-state index contributed by atoms with van der Waals surface area (Å²) in [6, 6.07) is 2.41. The Morgan fingerprint density at radius 2 is 2.16 bits per heavy atom. The van der Waals surface area contributed by atoms with Gasteiger partial charge in [0.15, 0.2) is 0 Å². The summed E-state index contributed by atoms with van der Waals surface area (Å²) in [5, 5.41) is 3.42. The molecule has 1 aliphatic rings.